The number of hydrogen-bond acceptors (Lipinski definition) is 7. The average Bonchev–Trinajstić information content (AvgIpc) is 3.10. The molecule has 7 heteroatoms. The van der Waals surface area contributed by atoms with Gasteiger partial charge in [-0.1, -0.05) is 0 Å². The maximum atomic E-state index is 5.34. The van der Waals surface area contributed by atoms with E-state index in [4.69, 9.17) is 14.2 Å². The zero-order valence-corrected chi connectivity index (χ0v) is 14.4. The summed E-state index contributed by atoms with van der Waals surface area (Å²) in [5, 5.41) is 5.92. The number of nitrogens with zero attached hydrogens (tertiary/aromatic N) is 2. The van der Waals surface area contributed by atoms with Crippen molar-refractivity contribution in [2.75, 3.05) is 26.6 Å². The third-order valence-corrected chi connectivity index (χ3v) is 4.15. The number of rotatable bonds is 6. The molecular formula is C17H17N3O3S. The Morgan fingerprint density at radius 2 is 1.79 bits per heavy atom. The SMILES string of the molecule is COc1ccc(Nc2nc(-c3ccc(OC)c(OC)c3)cs2)nc1. The van der Waals surface area contributed by atoms with Crippen molar-refractivity contribution >= 4 is 22.3 Å². The van der Waals surface area contributed by atoms with Crippen molar-refractivity contribution in [1.29, 1.82) is 0 Å². The van der Waals surface area contributed by atoms with Gasteiger partial charge in [-0.3, -0.25) is 0 Å². The number of pyridine rings is 1. The molecule has 2 heterocycles. The molecule has 0 unspecified atom stereocenters. The van der Waals surface area contributed by atoms with Crippen LogP contribution in [-0.4, -0.2) is 31.3 Å². The summed E-state index contributed by atoms with van der Waals surface area (Å²) < 4.78 is 15.7. The fourth-order valence-electron chi connectivity index (χ4n) is 2.14. The highest BCUT2D eigenvalue weighted by Gasteiger charge is 2.10. The average molecular weight is 343 g/mol. The third-order valence-electron chi connectivity index (χ3n) is 3.39. The van der Waals surface area contributed by atoms with Crippen LogP contribution in [0.3, 0.4) is 0 Å². The molecule has 3 aromatic rings. The summed E-state index contributed by atoms with van der Waals surface area (Å²) in [5.74, 6) is 2.79. The van der Waals surface area contributed by atoms with E-state index in [0.717, 1.165) is 16.4 Å². The highest BCUT2D eigenvalue weighted by molar-refractivity contribution is 7.14. The minimum atomic E-state index is 0.675. The largest absolute Gasteiger partial charge is 0.495 e. The van der Waals surface area contributed by atoms with Crippen molar-refractivity contribution in [3.63, 3.8) is 0 Å². The van der Waals surface area contributed by atoms with Gasteiger partial charge >= 0.3 is 0 Å². The summed E-state index contributed by atoms with van der Waals surface area (Å²) in [6.45, 7) is 0. The van der Waals surface area contributed by atoms with Crippen molar-refractivity contribution in [2.24, 2.45) is 0 Å². The Labute approximate surface area is 144 Å². The summed E-state index contributed by atoms with van der Waals surface area (Å²) in [7, 11) is 4.84. The van der Waals surface area contributed by atoms with Gasteiger partial charge in [0.2, 0.25) is 0 Å². The van der Waals surface area contributed by atoms with E-state index in [1.54, 1.807) is 27.5 Å². The molecule has 0 aliphatic carbocycles. The van der Waals surface area contributed by atoms with Gasteiger partial charge in [0.25, 0.3) is 0 Å². The van der Waals surface area contributed by atoms with Crippen LogP contribution < -0.4 is 19.5 Å². The Hall–Kier alpha value is -2.80. The first-order valence-electron chi connectivity index (χ1n) is 7.18. The molecule has 1 N–H and O–H groups in total. The van der Waals surface area contributed by atoms with E-state index in [2.05, 4.69) is 15.3 Å². The Balaban J connectivity index is 1.79. The molecule has 0 amide bonds. The Morgan fingerprint density at radius 1 is 0.958 bits per heavy atom. The molecule has 124 valence electrons. The maximum Gasteiger partial charge on any atom is 0.188 e. The monoisotopic (exact) mass is 343 g/mol. The van der Waals surface area contributed by atoms with Gasteiger partial charge in [-0.15, -0.1) is 11.3 Å². The molecule has 0 aliphatic heterocycles. The lowest BCUT2D eigenvalue weighted by Gasteiger charge is -2.08. The second-order valence-corrected chi connectivity index (χ2v) is 5.67. The van der Waals surface area contributed by atoms with Gasteiger partial charge in [0.1, 0.15) is 11.6 Å². The number of thiazole rings is 1. The quantitative estimate of drug-likeness (QED) is 0.730. The molecule has 0 bridgehead atoms. The molecule has 6 nitrogen and oxygen atoms in total. The van der Waals surface area contributed by atoms with E-state index in [9.17, 15) is 0 Å². The summed E-state index contributed by atoms with van der Waals surface area (Å²) in [5.41, 5.74) is 1.82. The smallest absolute Gasteiger partial charge is 0.188 e. The zero-order valence-electron chi connectivity index (χ0n) is 13.6. The lowest BCUT2D eigenvalue weighted by molar-refractivity contribution is 0.355. The number of nitrogens with one attached hydrogen (secondary N) is 1. The predicted molar refractivity (Wildman–Crippen MR) is 94.7 cm³/mol. The van der Waals surface area contributed by atoms with Crippen molar-refractivity contribution in [1.82, 2.24) is 9.97 Å². The normalized spacial score (nSPS) is 10.3. The predicted octanol–water partition coefficient (Wildman–Crippen LogP) is 3.97. The Morgan fingerprint density at radius 3 is 2.46 bits per heavy atom. The molecular weight excluding hydrogens is 326 g/mol. The van der Waals surface area contributed by atoms with Crippen LogP contribution >= 0.6 is 11.3 Å². The summed E-state index contributed by atoms with van der Waals surface area (Å²) in [6, 6.07) is 9.41. The van der Waals surface area contributed by atoms with E-state index in [1.165, 1.54) is 11.3 Å². The maximum absolute atomic E-state index is 5.34. The first-order chi connectivity index (χ1) is 11.7. The molecule has 0 saturated heterocycles. The molecule has 0 atom stereocenters. The van der Waals surface area contributed by atoms with Gasteiger partial charge in [-0.05, 0) is 30.3 Å². The van der Waals surface area contributed by atoms with Crippen LogP contribution in [-0.2, 0) is 0 Å². The second-order valence-electron chi connectivity index (χ2n) is 4.82. The summed E-state index contributed by atoms with van der Waals surface area (Å²) >= 11 is 1.51. The highest BCUT2D eigenvalue weighted by Crippen LogP contribution is 2.33. The third kappa shape index (κ3) is 3.41. The van der Waals surface area contributed by atoms with E-state index < -0.39 is 0 Å². The fraction of sp³-hybridized carbons (Fsp3) is 0.176. The molecule has 0 radical (unpaired) electrons. The van der Waals surface area contributed by atoms with Crippen LogP contribution in [0.1, 0.15) is 0 Å². The van der Waals surface area contributed by atoms with E-state index in [0.29, 0.717) is 23.1 Å². The number of methoxy groups -OCH3 is 3. The zero-order chi connectivity index (χ0) is 16.9. The van der Waals surface area contributed by atoms with E-state index >= 15 is 0 Å². The Bertz CT molecular complexity index is 818. The van der Waals surface area contributed by atoms with Crippen molar-refractivity contribution in [2.45, 2.75) is 0 Å². The van der Waals surface area contributed by atoms with Crippen LogP contribution in [0.2, 0.25) is 0 Å². The topological polar surface area (TPSA) is 65.5 Å². The van der Waals surface area contributed by atoms with Gasteiger partial charge in [-0.2, -0.15) is 0 Å². The number of benzene rings is 1. The number of hydrogen-bond donors (Lipinski definition) is 1. The second kappa shape index (κ2) is 7.18. The van der Waals surface area contributed by atoms with Crippen LogP contribution in [0.25, 0.3) is 11.3 Å². The standard InChI is InChI=1S/C17H17N3O3S/c1-21-12-5-7-16(18-9-12)20-17-19-13(10-24-17)11-4-6-14(22-2)15(8-11)23-3/h4-10H,1-3H3,(H,18,19,20). The molecule has 2 aromatic heterocycles. The van der Waals surface area contributed by atoms with Crippen LogP contribution in [0.15, 0.2) is 41.9 Å². The molecule has 0 aliphatic rings. The first kappa shape index (κ1) is 16.1. The molecule has 1 aromatic carbocycles. The Kier molecular flexibility index (Phi) is 4.81. The highest BCUT2D eigenvalue weighted by atomic mass is 32.1. The minimum Gasteiger partial charge on any atom is -0.495 e. The number of ether oxygens (including phenoxy) is 3. The van der Waals surface area contributed by atoms with Crippen LogP contribution in [0.5, 0.6) is 17.2 Å². The van der Waals surface area contributed by atoms with Gasteiger partial charge in [0.05, 0.1) is 33.2 Å². The van der Waals surface area contributed by atoms with E-state index in [-0.39, 0.29) is 0 Å². The summed E-state index contributed by atoms with van der Waals surface area (Å²) in [6.07, 6.45) is 1.66. The first-order valence-corrected chi connectivity index (χ1v) is 8.06. The van der Waals surface area contributed by atoms with Crippen molar-refractivity contribution < 1.29 is 14.2 Å². The van der Waals surface area contributed by atoms with Crippen molar-refractivity contribution in [3.8, 4) is 28.5 Å². The van der Waals surface area contributed by atoms with Crippen molar-refractivity contribution in [3.05, 3.63) is 41.9 Å². The van der Waals surface area contributed by atoms with Gasteiger partial charge in [0.15, 0.2) is 16.6 Å². The van der Waals surface area contributed by atoms with Crippen LogP contribution in [0, 0.1) is 0 Å². The molecule has 0 saturated carbocycles. The van der Waals surface area contributed by atoms with E-state index in [1.807, 2.05) is 35.7 Å². The minimum absolute atomic E-state index is 0.675. The fourth-order valence-corrected chi connectivity index (χ4v) is 2.87. The van der Waals surface area contributed by atoms with Gasteiger partial charge in [-0.25, -0.2) is 9.97 Å². The number of anilines is 2. The summed E-state index contributed by atoms with van der Waals surface area (Å²) in [4.78, 5) is 8.86. The lowest BCUT2D eigenvalue weighted by Crippen LogP contribution is -1.94. The molecule has 0 fully saturated rings. The van der Waals surface area contributed by atoms with Gasteiger partial charge < -0.3 is 19.5 Å². The molecule has 24 heavy (non-hydrogen) atoms. The molecule has 0 spiro atoms. The van der Waals surface area contributed by atoms with Crippen LogP contribution in [0.4, 0.5) is 10.9 Å². The number of aromatic nitrogens is 2. The molecule has 3 rings (SSSR count). The van der Waals surface area contributed by atoms with Gasteiger partial charge in [0, 0.05) is 10.9 Å². The lowest BCUT2D eigenvalue weighted by atomic mass is 10.1.